The Morgan fingerprint density at radius 1 is 1.19 bits per heavy atom. The smallest absolute Gasteiger partial charge is 0.264 e. The van der Waals surface area contributed by atoms with Crippen LogP contribution in [0.25, 0.3) is 0 Å². The van der Waals surface area contributed by atoms with E-state index in [2.05, 4.69) is 15.2 Å². The fourth-order valence-electron chi connectivity index (χ4n) is 2.72. The molecule has 3 rings (SSSR count). The third-order valence-corrected chi connectivity index (χ3v) is 5.00. The first-order valence-electron chi connectivity index (χ1n) is 8.57. The maximum Gasteiger partial charge on any atom is 0.264 e. The Hall–Kier alpha value is -2.45. The van der Waals surface area contributed by atoms with Crippen LogP contribution in [-0.4, -0.2) is 72.5 Å². The third-order valence-electron chi connectivity index (χ3n) is 4.15. The Kier molecular flexibility index (Phi) is 6.56. The number of pyridine rings is 1. The Balaban J connectivity index is 1.30. The number of ether oxygens (including phenoxy) is 1. The van der Waals surface area contributed by atoms with Crippen LogP contribution in [0.3, 0.4) is 0 Å². The number of thiophene rings is 1. The van der Waals surface area contributed by atoms with Crippen molar-refractivity contribution in [2.45, 2.75) is 0 Å². The van der Waals surface area contributed by atoms with Crippen molar-refractivity contribution in [3.8, 4) is 5.75 Å². The average molecular weight is 374 g/mol. The number of rotatable bonds is 7. The molecule has 0 bridgehead atoms. The highest BCUT2D eigenvalue weighted by molar-refractivity contribution is 7.12. The molecule has 1 saturated heterocycles. The maximum absolute atomic E-state index is 12.3. The second-order valence-corrected chi connectivity index (χ2v) is 6.89. The molecule has 0 unspecified atom stereocenters. The molecule has 0 aromatic carbocycles. The lowest BCUT2D eigenvalue weighted by Crippen LogP contribution is -2.50. The van der Waals surface area contributed by atoms with Crippen molar-refractivity contribution in [2.75, 3.05) is 45.9 Å². The topological polar surface area (TPSA) is 74.8 Å². The lowest BCUT2D eigenvalue weighted by atomic mass is 10.3. The van der Waals surface area contributed by atoms with E-state index in [1.165, 1.54) is 11.3 Å². The molecular weight excluding hydrogens is 352 g/mol. The van der Waals surface area contributed by atoms with E-state index in [-0.39, 0.29) is 18.4 Å². The van der Waals surface area contributed by atoms with Gasteiger partial charge in [0, 0.05) is 45.5 Å². The molecule has 0 atom stereocenters. The van der Waals surface area contributed by atoms with Gasteiger partial charge in [-0.15, -0.1) is 11.3 Å². The molecule has 138 valence electrons. The molecule has 8 heteroatoms. The van der Waals surface area contributed by atoms with Gasteiger partial charge < -0.3 is 15.0 Å². The van der Waals surface area contributed by atoms with Gasteiger partial charge in [0.2, 0.25) is 0 Å². The predicted molar refractivity (Wildman–Crippen MR) is 99.4 cm³/mol. The lowest BCUT2D eigenvalue weighted by Gasteiger charge is -2.34. The van der Waals surface area contributed by atoms with E-state index in [1.54, 1.807) is 24.5 Å². The molecule has 0 radical (unpaired) electrons. The summed E-state index contributed by atoms with van der Waals surface area (Å²) in [5.41, 5.74) is 0. The van der Waals surface area contributed by atoms with Gasteiger partial charge in [0.25, 0.3) is 11.8 Å². The second kappa shape index (κ2) is 9.30. The molecule has 2 aromatic heterocycles. The van der Waals surface area contributed by atoms with Gasteiger partial charge in [0.1, 0.15) is 5.75 Å². The number of hydrogen-bond acceptors (Lipinski definition) is 6. The van der Waals surface area contributed by atoms with E-state index < -0.39 is 0 Å². The summed E-state index contributed by atoms with van der Waals surface area (Å²) in [6.07, 6.45) is 3.23. The summed E-state index contributed by atoms with van der Waals surface area (Å²) in [7, 11) is 0. The van der Waals surface area contributed by atoms with Gasteiger partial charge in [0.15, 0.2) is 6.61 Å². The lowest BCUT2D eigenvalue weighted by molar-refractivity contribution is -0.123. The standard InChI is InChI=1S/C18H22N4O3S/c23-17(14-25-15-3-1-5-19-13-15)20-6-7-21-8-10-22(11-9-21)18(24)16-4-2-12-26-16/h1-5,12-13H,6-11,14H2,(H,20,23). The quantitative estimate of drug-likeness (QED) is 0.785. The maximum atomic E-state index is 12.3. The van der Waals surface area contributed by atoms with Crippen molar-refractivity contribution < 1.29 is 14.3 Å². The molecule has 7 nitrogen and oxygen atoms in total. The van der Waals surface area contributed by atoms with Crippen molar-refractivity contribution >= 4 is 23.2 Å². The van der Waals surface area contributed by atoms with E-state index in [1.807, 2.05) is 22.4 Å². The van der Waals surface area contributed by atoms with Crippen LogP contribution in [0.4, 0.5) is 0 Å². The van der Waals surface area contributed by atoms with Gasteiger partial charge in [0.05, 0.1) is 11.1 Å². The van der Waals surface area contributed by atoms with Gasteiger partial charge >= 0.3 is 0 Å². The molecule has 2 amide bonds. The third kappa shape index (κ3) is 5.27. The van der Waals surface area contributed by atoms with Gasteiger partial charge in [-0.3, -0.25) is 19.5 Å². The molecule has 26 heavy (non-hydrogen) atoms. The Bertz CT molecular complexity index is 700. The number of hydrogen-bond donors (Lipinski definition) is 1. The van der Waals surface area contributed by atoms with Gasteiger partial charge in [-0.2, -0.15) is 0 Å². The molecule has 2 aromatic rings. The highest BCUT2D eigenvalue weighted by Gasteiger charge is 2.22. The van der Waals surface area contributed by atoms with E-state index in [0.717, 1.165) is 37.6 Å². The second-order valence-electron chi connectivity index (χ2n) is 5.94. The summed E-state index contributed by atoms with van der Waals surface area (Å²) >= 11 is 1.48. The first-order chi connectivity index (χ1) is 12.7. The number of piperazine rings is 1. The zero-order valence-electron chi connectivity index (χ0n) is 14.5. The van der Waals surface area contributed by atoms with E-state index in [9.17, 15) is 9.59 Å². The van der Waals surface area contributed by atoms with Crippen molar-refractivity contribution in [1.82, 2.24) is 20.1 Å². The largest absolute Gasteiger partial charge is 0.482 e. The number of aromatic nitrogens is 1. The first-order valence-corrected chi connectivity index (χ1v) is 9.45. The summed E-state index contributed by atoms with van der Waals surface area (Å²) in [5.74, 6) is 0.537. The van der Waals surface area contributed by atoms with E-state index >= 15 is 0 Å². The number of nitrogens with one attached hydrogen (secondary N) is 1. The molecule has 0 spiro atoms. The Labute approximate surface area is 156 Å². The summed E-state index contributed by atoms with van der Waals surface area (Å²) in [6, 6.07) is 7.28. The minimum atomic E-state index is -0.152. The molecular formula is C18H22N4O3S. The van der Waals surface area contributed by atoms with Crippen molar-refractivity contribution in [2.24, 2.45) is 0 Å². The zero-order chi connectivity index (χ0) is 18.2. The van der Waals surface area contributed by atoms with Crippen LogP contribution in [0.5, 0.6) is 5.75 Å². The highest BCUT2D eigenvalue weighted by Crippen LogP contribution is 2.13. The van der Waals surface area contributed by atoms with Crippen LogP contribution in [0, 0.1) is 0 Å². The molecule has 0 saturated carbocycles. The predicted octanol–water partition coefficient (Wildman–Crippen LogP) is 1.10. The Morgan fingerprint density at radius 2 is 2.04 bits per heavy atom. The molecule has 0 aliphatic carbocycles. The molecule has 1 fully saturated rings. The number of carbonyl (C=O) groups excluding carboxylic acids is 2. The minimum absolute atomic E-state index is 0.0191. The summed E-state index contributed by atoms with van der Waals surface area (Å²) in [4.78, 5) is 33.0. The number of amides is 2. The van der Waals surface area contributed by atoms with Crippen LogP contribution in [-0.2, 0) is 4.79 Å². The van der Waals surface area contributed by atoms with Crippen molar-refractivity contribution in [3.63, 3.8) is 0 Å². The summed E-state index contributed by atoms with van der Waals surface area (Å²) in [6.45, 7) is 4.38. The first kappa shape index (κ1) is 18.3. The van der Waals surface area contributed by atoms with Crippen LogP contribution >= 0.6 is 11.3 Å². The zero-order valence-corrected chi connectivity index (χ0v) is 15.3. The summed E-state index contributed by atoms with van der Waals surface area (Å²) < 4.78 is 5.35. The molecule has 1 aliphatic rings. The number of nitrogens with zero attached hydrogens (tertiary/aromatic N) is 3. The van der Waals surface area contributed by atoms with Crippen LogP contribution in [0.1, 0.15) is 9.67 Å². The number of carbonyl (C=O) groups is 2. The van der Waals surface area contributed by atoms with Crippen molar-refractivity contribution in [3.05, 3.63) is 46.9 Å². The molecule has 3 heterocycles. The SMILES string of the molecule is O=C(COc1cccnc1)NCCN1CCN(C(=O)c2cccs2)CC1. The average Bonchev–Trinajstić information content (AvgIpc) is 3.22. The van der Waals surface area contributed by atoms with Crippen LogP contribution in [0.2, 0.25) is 0 Å². The van der Waals surface area contributed by atoms with E-state index in [4.69, 9.17) is 4.74 Å². The van der Waals surface area contributed by atoms with Crippen LogP contribution < -0.4 is 10.1 Å². The van der Waals surface area contributed by atoms with Gasteiger partial charge in [-0.25, -0.2) is 0 Å². The fourth-order valence-corrected chi connectivity index (χ4v) is 3.41. The fraction of sp³-hybridized carbons (Fsp3) is 0.389. The monoisotopic (exact) mass is 374 g/mol. The van der Waals surface area contributed by atoms with Gasteiger partial charge in [-0.1, -0.05) is 6.07 Å². The molecule has 1 aliphatic heterocycles. The normalized spacial score (nSPS) is 14.8. The van der Waals surface area contributed by atoms with Crippen LogP contribution in [0.15, 0.2) is 42.0 Å². The van der Waals surface area contributed by atoms with Gasteiger partial charge in [-0.05, 0) is 23.6 Å². The molecule has 1 N–H and O–H groups in total. The van der Waals surface area contributed by atoms with Crippen molar-refractivity contribution in [1.29, 1.82) is 0 Å². The van der Waals surface area contributed by atoms with E-state index in [0.29, 0.717) is 12.3 Å². The summed E-state index contributed by atoms with van der Waals surface area (Å²) in [5, 5.41) is 4.77. The minimum Gasteiger partial charge on any atom is -0.482 e. The highest BCUT2D eigenvalue weighted by atomic mass is 32.1. The Morgan fingerprint density at radius 3 is 2.73 bits per heavy atom.